The zero-order valence-electron chi connectivity index (χ0n) is 12.4. The van der Waals surface area contributed by atoms with Crippen LogP contribution in [0.25, 0.3) is 0 Å². The van der Waals surface area contributed by atoms with Crippen molar-refractivity contribution in [2.24, 2.45) is 5.10 Å². The molecule has 0 aliphatic rings. The van der Waals surface area contributed by atoms with Gasteiger partial charge in [-0.3, -0.25) is 20.1 Å². The summed E-state index contributed by atoms with van der Waals surface area (Å²) in [6.45, 7) is 0. The number of nitrogens with zero attached hydrogens (tertiary/aromatic N) is 2. The van der Waals surface area contributed by atoms with Crippen LogP contribution in [-0.4, -0.2) is 35.2 Å². The maximum absolute atomic E-state index is 11.3. The highest BCUT2D eigenvalue weighted by atomic mass is 32.2. The second-order valence-corrected chi connectivity index (χ2v) is 6.07. The number of nitro groups is 1. The van der Waals surface area contributed by atoms with E-state index in [1.807, 2.05) is 0 Å². The van der Waals surface area contributed by atoms with Crippen molar-refractivity contribution in [1.29, 1.82) is 0 Å². The van der Waals surface area contributed by atoms with Gasteiger partial charge in [-0.2, -0.15) is 13.5 Å². The van der Waals surface area contributed by atoms with Gasteiger partial charge < -0.3 is 5.11 Å². The number of hydrogen-bond acceptors (Lipinski definition) is 7. The highest BCUT2D eigenvalue weighted by Gasteiger charge is 2.16. The van der Waals surface area contributed by atoms with Crippen LogP contribution < -0.4 is 5.43 Å². The maximum Gasteiger partial charge on any atom is 0.338 e. The van der Waals surface area contributed by atoms with Gasteiger partial charge in [0.2, 0.25) is 0 Å². The Morgan fingerprint density at radius 2 is 1.92 bits per heavy atom. The molecule has 130 valence electrons. The third-order valence-corrected chi connectivity index (χ3v) is 3.96. The molecular weight excluding hydrogens is 354 g/mol. The molecule has 0 fully saturated rings. The molecule has 0 amide bonds. The summed E-state index contributed by atoms with van der Waals surface area (Å²) in [7, 11) is -4.45. The van der Waals surface area contributed by atoms with E-state index in [0.717, 1.165) is 24.4 Å². The second-order valence-electron chi connectivity index (χ2n) is 4.68. The first-order valence-corrected chi connectivity index (χ1v) is 8.01. The fourth-order valence-electron chi connectivity index (χ4n) is 1.91. The van der Waals surface area contributed by atoms with E-state index in [2.05, 4.69) is 10.5 Å². The molecule has 2 aromatic rings. The minimum Gasteiger partial charge on any atom is -0.478 e. The van der Waals surface area contributed by atoms with Crippen LogP contribution in [0.2, 0.25) is 0 Å². The number of carboxylic acids is 1. The van der Waals surface area contributed by atoms with Gasteiger partial charge in [0.05, 0.1) is 22.4 Å². The molecule has 0 atom stereocenters. The summed E-state index contributed by atoms with van der Waals surface area (Å²) >= 11 is 0. The predicted octanol–water partition coefficient (Wildman–Crippen LogP) is 1.99. The Kier molecular flexibility index (Phi) is 5.10. The Morgan fingerprint density at radius 3 is 2.52 bits per heavy atom. The van der Waals surface area contributed by atoms with Crippen molar-refractivity contribution >= 4 is 33.7 Å². The number of nitrogens with one attached hydrogen (secondary N) is 1. The lowest BCUT2D eigenvalue weighted by Gasteiger charge is -2.05. The number of hydrazone groups is 1. The number of hydrogen-bond donors (Lipinski definition) is 3. The average molecular weight is 365 g/mol. The number of rotatable bonds is 6. The van der Waals surface area contributed by atoms with Gasteiger partial charge in [-0.15, -0.1) is 0 Å². The lowest BCUT2D eigenvalue weighted by molar-refractivity contribution is -0.384. The third kappa shape index (κ3) is 4.37. The van der Waals surface area contributed by atoms with Crippen molar-refractivity contribution in [3.63, 3.8) is 0 Å². The van der Waals surface area contributed by atoms with E-state index < -0.39 is 26.7 Å². The van der Waals surface area contributed by atoms with Crippen LogP contribution in [-0.2, 0) is 10.1 Å². The largest absolute Gasteiger partial charge is 0.478 e. The predicted molar refractivity (Wildman–Crippen MR) is 87.5 cm³/mol. The summed E-state index contributed by atoms with van der Waals surface area (Å²) in [6.07, 6.45) is 1.07. The first-order valence-electron chi connectivity index (χ1n) is 6.57. The lowest BCUT2D eigenvalue weighted by Crippen LogP contribution is -2.05. The van der Waals surface area contributed by atoms with Crippen molar-refractivity contribution in [3.05, 3.63) is 63.7 Å². The van der Waals surface area contributed by atoms with Crippen molar-refractivity contribution in [1.82, 2.24) is 0 Å². The molecule has 0 bridgehead atoms. The SMILES string of the molecule is O=C(O)c1cc([N+](=O)[O-])ccc1N/N=C/c1ccccc1S(=O)(=O)O. The number of aromatic carboxylic acids is 1. The lowest BCUT2D eigenvalue weighted by atomic mass is 10.1. The summed E-state index contributed by atoms with van der Waals surface area (Å²) in [5.41, 5.74) is 1.63. The first-order chi connectivity index (χ1) is 11.7. The van der Waals surface area contributed by atoms with Gasteiger partial charge in [0.1, 0.15) is 4.90 Å². The van der Waals surface area contributed by atoms with Gasteiger partial charge in [-0.05, 0) is 12.1 Å². The Balaban J connectivity index is 2.32. The molecule has 2 rings (SSSR count). The monoisotopic (exact) mass is 365 g/mol. The quantitative estimate of drug-likeness (QED) is 0.303. The molecule has 11 heteroatoms. The molecule has 0 unspecified atom stereocenters. The Morgan fingerprint density at radius 1 is 1.24 bits per heavy atom. The van der Waals surface area contributed by atoms with Gasteiger partial charge in [0, 0.05) is 17.7 Å². The van der Waals surface area contributed by atoms with Crippen LogP contribution in [0.15, 0.2) is 52.5 Å². The molecule has 0 heterocycles. The molecule has 3 N–H and O–H groups in total. The Bertz CT molecular complexity index is 970. The van der Waals surface area contributed by atoms with Crippen LogP contribution in [0.3, 0.4) is 0 Å². The second kappa shape index (κ2) is 7.07. The van der Waals surface area contributed by atoms with Gasteiger partial charge in [0.25, 0.3) is 15.8 Å². The molecule has 10 nitrogen and oxygen atoms in total. The van der Waals surface area contributed by atoms with Crippen molar-refractivity contribution < 1.29 is 27.8 Å². The summed E-state index contributed by atoms with van der Waals surface area (Å²) in [6, 6.07) is 8.60. The highest BCUT2D eigenvalue weighted by Crippen LogP contribution is 2.22. The van der Waals surface area contributed by atoms with Crippen LogP contribution in [0.1, 0.15) is 15.9 Å². The van der Waals surface area contributed by atoms with Crippen LogP contribution in [0.5, 0.6) is 0 Å². The Hall–Kier alpha value is -3.31. The minimum absolute atomic E-state index is 0.0290. The number of carboxylic acid groups (broad SMARTS) is 1. The Labute approximate surface area is 141 Å². The third-order valence-electron chi connectivity index (χ3n) is 3.03. The van der Waals surface area contributed by atoms with Crippen LogP contribution >= 0.6 is 0 Å². The number of non-ortho nitro benzene ring substituents is 1. The zero-order chi connectivity index (χ0) is 18.6. The summed E-state index contributed by atoms with van der Waals surface area (Å²) < 4.78 is 31.7. The van der Waals surface area contributed by atoms with E-state index in [-0.39, 0.29) is 21.7 Å². The molecule has 0 aliphatic carbocycles. The average Bonchev–Trinajstić information content (AvgIpc) is 2.54. The van der Waals surface area contributed by atoms with Crippen molar-refractivity contribution in [2.45, 2.75) is 4.90 Å². The first kappa shape index (κ1) is 18.0. The molecule has 0 radical (unpaired) electrons. The summed E-state index contributed by atoms with van der Waals surface area (Å²) in [4.78, 5) is 20.8. The smallest absolute Gasteiger partial charge is 0.338 e. The van der Waals surface area contributed by atoms with E-state index in [4.69, 9.17) is 9.66 Å². The van der Waals surface area contributed by atoms with E-state index in [9.17, 15) is 23.3 Å². The van der Waals surface area contributed by atoms with Crippen LogP contribution in [0.4, 0.5) is 11.4 Å². The summed E-state index contributed by atoms with van der Waals surface area (Å²) in [5, 5.41) is 23.5. The van der Waals surface area contributed by atoms with Gasteiger partial charge >= 0.3 is 5.97 Å². The molecule has 0 saturated heterocycles. The molecule has 2 aromatic carbocycles. The fraction of sp³-hybridized carbons (Fsp3) is 0. The molecular formula is C14H11N3O7S. The summed E-state index contributed by atoms with van der Waals surface area (Å²) in [5.74, 6) is -1.40. The van der Waals surface area contributed by atoms with Crippen molar-refractivity contribution in [2.75, 3.05) is 5.43 Å². The molecule has 0 aromatic heterocycles. The topological polar surface area (TPSA) is 159 Å². The van der Waals surface area contributed by atoms with E-state index in [1.54, 1.807) is 0 Å². The minimum atomic E-state index is -4.45. The van der Waals surface area contributed by atoms with E-state index in [0.29, 0.717) is 0 Å². The zero-order valence-corrected chi connectivity index (χ0v) is 13.2. The van der Waals surface area contributed by atoms with Gasteiger partial charge in [-0.25, -0.2) is 4.79 Å². The molecule has 25 heavy (non-hydrogen) atoms. The standard InChI is InChI=1S/C14H11N3O7S/c18-14(19)11-7-10(17(20)21)5-6-12(11)16-15-8-9-3-1-2-4-13(9)25(22,23)24/h1-8,16H,(H,18,19)(H,22,23,24)/b15-8+. The van der Waals surface area contributed by atoms with E-state index >= 15 is 0 Å². The number of anilines is 1. The number of carbonyl (C=O) groups is 1. The van der Waals surface area contributed by atoms with Crippen LogP contribution in [0, 0.1) is 10.1 Å². The normalized spacial score (nSPS) is 11.4. The number of nitro benzene ring substituents is 1. The van der Waals surface area contributed by atoms with Gasteiger partial charge in [-0.1, -0.05) is 18.2 Å². The van der Waals surface area contributed by atoms with E-state index in [1.165, 1.54) is 24.3 Å². The van der Waals surface area contributed by atoms with Crippen molar-refractivity contribution in [3.8, 4) is 0 Å². The van der Waals surface area contributed by atoms with Gasteiger partial charge in [0.15, 0.2) is 0 Å². The molecule has 0 saturated carbocycles. The molecule has 0 spiro atoms. The highest BCUT2D eigenvalue weighted by molar-refractivity contribution is 7.86. The fourth-order valence-corrected chi connectivity index (χ4v) is 2.58. The number of benzene rings is 2. The maximum atomic E-state index is 11.3. The molecule has 0 aliphatic heterocycles.